The van der Waals surface area contributed by atoms with Gasteiger partial charge in [0.2, 0.25) is 0 Å². The topological polar surface area (TPSA) is 43.7 Å². The molecule has 3 nitrogen and oxygen atoms in total. The van der Waals surface area contributed by atoms with Crippen molar-refractivity contribution in [1.82, 2.24) is 4.90 Å². The molecule has 3 heteroatoms. The summed E-state index contributed by atoms with van der Waals surface area (Å²) in [6.07, 6.45) is 0.681. The molecule has 2 N–H and O–H groups in total. The Bertz CT molecular complexity index is 125. The van der Waals surface area contributed by atoms with Crippen LogP contribution in [0.5, 0.6) is 0 Å². The zero-order chi connectivity index (χ0) is 7.78. The van der Waals surface area contributed by atoms with Gasteiger partial charge in [0.15, 0.2) is 0 Å². The minimum atomic E-state index is -0.595. The number of likely N-dealkylation sites (N-methyl/N-ethyl adjacent to an activating group) is 1. The Morgan fingerprint density at radius 1 is 1.70 bits per heavy atom. The van der Waals surface area contributed by atoms with E-state index >= 15 is 0 Å². The first-order chi connectivity index (χ1) is 4.55. The summed E-state index contributed by atoms with van der Waals surface area (Å²) in [6, 6.07) is 0.148. The van der Waals surface area contributed by atoms with Crippen molar-refractivity contribution >= 4 is 0 Å². The number of aliphatic hydroxyl groups is 2. The fourth-order valence-corrected chi connectivity index (χ4v) is 1.60. The molecule has 0 radical (unpaired) electrons. The van der Waals surface area contributed by atoms with Crippen LogP contribution in [0.3, 0.4) is 0 Å². The molecule has 10 heavy (non-hydrogen) atoms. The lowest BCUT2D eigenvalue weighted by Gasteiger charge is -2.15. The van der Waals surface area contributed by atoms with Crippen LogP contribution in [0, 0.1) is 0 Å². The molecule has 60 valence electrons. The summed E-state index contributed by atoms with van der Waals surface area (Å²) >= 11 is 0. The quantitative estimate of drug-likeness (QED) is 0.519. The third-order valence-corrected chi connectivity index (χ3v) is 2.10. The van der Waals surface area contributed by atoms with E-state index in [-0.39, 0.29) is 12.6 Å². The molecule has 0 aromatic heterocycles. The number of hydrogen-bond acceptors (Lipinski definition) is 3. The third-order valence-electron chi connectivity index (χ3n) is 2.10. The van der Waals surface area contributed by atoms with Crippen LogP contribution in [-0.4, -0.2) is 47.0 Å². The summed E-state index contributed by atoms with van der Waals surface area (Å²) in [7, 11) is 1.92. The SMILES string of the molecule is CN1C[C@](C)(O)C[C@H]1CO. The smallest absolute Gasteiger partial charge is 0.0761 e. The molecule has 0 aliphatic carbocycles. The molecule has 0 aromatic rings. The Morgan fingerprint density at radius 3 is 2.50 bits per heavy atom. The second-order valence-corrected chi connectivity index (χ2v) is 3.45. The van der Waals surface area contributed by atoms with Crippen LogP contribution in [-0.2, 0) is 0 Å². The van der Waals surface area contributed by atoms with Crippen LogP contribution >= 0.6 is 0 Å². The molecule has 1 saturated heterocycles. The van der Waals surface area contributed by atoms with Gasteiger partial charge < -0.3 is 10.2 Å². The number of rotatable bonds is 1. The maximum atomic E-state index is 9.51. The predicted octanol–water partition coefficient (Wildman–Crippen LogP) is -0.566. The molecule has 1 aliphatic heterocycles. The van der Waals surface area contributed by atoms with E-state index in [9.17, 15) is 5.11 Å². The van der Waals surface area contributed by atoms with Gasteiger partial charge in [-0.2, -0.15) is 0 Å². The molecule has 0 bridgehead atoms. The van der Waals surface area contributed by atoms with Gasteiger partial charge in [-0.3, -0.25) is 4.90 Å². The molecule has 0 saturated carbocycles. The van der Waals surface area contributed by atoms with Gasteiger partial charge >= 0.3 is 0 Å². The fraction of sp³-hybridized carbons (Fsp3) is 1.00. The van der Waals surface area contributed by atoms with Crippen molar-refractivity contribution in [2.24, 2.45) is 0 Å². The molecule has 0 aromatic carbocycles. The van der Waals surface area contributed by atoms with E-state index in [1.807, 2.05) is 11.9 Å². The highest BCUT2D eigenvalue weighted by atomic mass is 16.3. The van der Waals surface area contributed by atoms with Crippen LogP contribution in [0.1, 0.15) is 13.3 Å². The summed E-state index contributed by atoms with van der Waals surface area (Å²) in [5, 5.41) is 18.3. The number of nitrogens with zero attached hydrogens (tertiary/aromatic N) is 1. The summed E-state index contributed by atoms with van der Waals surface area (Å²) in [6.45, 7) is 2.62. The van der Waals surface area contributed by atoms with Crippen LogP contribution in [0.2, 0.25) is 0 Å². The summed E-state index contributed by atoms with van der Waals surface area (Å²) < 4.78 is 0. The van der Waals surface area contributed by atoms with Crippen molar-refractivity contribution in [3.63, 3.8) is 0 Å². The van der Waals surface area contributed by atoms with Crippen molar-refractivity contribution in [3.05, 3.63) is 0 Å². The van der Waals surface area contributed by atoms with E-state index in [4.69, 9.17) is 5.11 Å². The second-order valence-electron chi connectivity index (χ2n) is 3.45. The van der Waals surface area contributed by atoms with Gasteiger partial charge in [-0.05, 0) is 20.4 Å². The molecular weight excluding hydrogens is 130 g/mol. The van der Waals surface area contributed by atoms with E-state index < -0.39 is 5.60 Å². The summed E-state index contributed by atoms with van der Waals surface area (Å²) in [4.78, 5) is 1.99. The maximum absolute atomic E-state index is 9.51. The lowest BCUT2D eigenvalue weighted by Crippen LogP contribution is -2.29. The summed E-state index contributed by atoms with van der Waals surface area (Å²) in [5.74, 6) is 0. The minimum Gasteiger partial charge on any atom is -0.395 e. The first-order valence-electron chi connectivity index (χ1n) is 3.59. The Hall–Kier alpha value is -0.120. The zero-order valence-corrected chi connectivity index (χ0v) is 6.54. The van der Waals surface area contributed by atoms with Gasteiger partial charge in [0, 0.05) is 12.6 Å². The standard InChI is InChI=1S/C7H15NO2/c1-7(10)3-6(4-9)8(2)5-7/h6,9-10H,3-5H2,1-2H3/t6-,7+/m0/s1. The average Bonchev–Trinajstić information content (AvgIpc) is 2.05. The van der Waals surface area contributed by atoms with Gasteiger partial charge in [0.25, 0.3) is 0 Å². The lowest BCUT2D eigenvalue weighted by atomic mass is 10.0. The van der Waals surface area contributed by atoms with Crippen molar-refractivity contribution in [3.8, 4) is 0 Å². The zero-order valence-electron chi connectivity index (χ0n) is 6.54. The van der Waals surface area contributed by atoms with E-state index in [2.05, 4.69) is 0 Å². The average molecular weight is 145 g/mol. The Morgan fingerprint density at radius 2 is 2.30 bits per heavy atom. The Kier molecular flexibility index (Phi) is 1.99. The molecule has 1 rings (SSSR count). The van der Waals surface area contributed by atoms with Crippen molar-refractivity contribution in [2.45, 2.75) is 25.0 Å². The van der Waals surface area contributed by atoms with Gasteiger partial charge in [-0.15, -0.1) is 0 Å². The molecule has 1 heterocycles. The molecule has 1 fully saturated rings. The first-order valence-corrected chi connectivity index (χ1v) is 3.59. The molecule has 2 atom stereocenters. The van der Waals surface area contributed by atoms with Crippen LogP contribution in [0.15, 0.2) is 0 Å². The van der Waals surface area contributed by atoms with Crippen molar-refractivity contribution < 1.29 is 10.2 Å². The van der Waals surface area contributed by atoms with E-state index in [1.54, 1.807) is 6.92 Å². The van der Waals surface area contributed by atoms with Gasteiger partial charge in [0.1, 0.15) is 0 Å². The van der Waals surface area contributed by atoms with Crippen LogP contribution < -0.4 is 0 Å². The maximum Gasteiger partial charge on any atom is 0.0761 e. The molecule has 0 amide bonds. The summed E-state index contributed by atoms with van der Waals surface area (Å²) in [5.41, 5.74) is -0.595. The minimum absolute atomic E-state index is 0.145. The van der Waals surface area contributed by atoms with E-state index in [0.717, 1.165) is 0 Å². The highest BCUT2D eigenvalue weighted by molar-refractivity contribution is 4.91. The van der Waals surface area contributed by atoms with E-state index in [1.165, 1.54) is 0 Å². The molecule has 0 spiro atoms. The normalized spacial score (nSPS) is 42.6. The number of likely N-dealkylation sites (tertiary alicyclic amines) is 1. The predicted molar refractivity (Wildman–Crippen MR) is 38.7 cm³/mol. The number of β-amino-alcohol motifs (C(OH)–C–C–N with tert-alkyl or cyclic N) is 1. The monoisotopic (exact) mass is 145 g/mol. The Labute approximate surface area is 61.3 Å². The molecular formula is C7H15NO2. The number of hydrogen-bond donors (Lipinski definition) is 2. The van der Waals surface area contributed by atoms with Crippen molar-refractivity contribution in [1.29, 1.82) is 0 Å². The van der Waals surface area contributed by atoms with E-state index in [0.29, 0.717) is 13.0 Å². The highest BCUT2D eigenvalue weighted by Crippen LogP contribution is 2.24. The Balaban J connectivity index is 2.52. The van der Waals surface area contributed by atoms with Gasteiger partial charge in [-0.1, -0.05) is 0 Å². The largest absolute Gasteiger partial charge is 0.395 e. The lowest BCUT2D eigenvalue weighted by molar-refractivity contribution is 0.0711. The number of aliphatic hydroxyl groups excluding tert-OH is 1. The van der Waals surface area contributed by atoms with Gasteiger partial charge in [0.05, 0.1) is 12.2 Å². The fourth-order valence-electron chi connectivity index (χ4n) is 1.60. The van der Waals surface area contributed by atoms with Gasteiger partial charge in [-0.25, -0.2) is 0 Å². The second kappa shape index (κ2) is 2.49. The van der Waals surface area contributed by atoms with Crippen molar-refractivity contribution in [2.75, 3.05) is 20.2 Å². The molecule has 0 unspecified atom stereocenters. The third kappa shape index (κ3) is 1.48. The van der Waals surface area contributed by atoms with Crippen LogP contribution in [0.25, 0.3) is 0 Å². The first kappa shape index (κ1) is 7.98. The van der Waals surface area contributed by atoms with Crippen LogP contribution in [0.4, 0.5) is 0 Å². The highest BCUT2D eigenvalue weighted by Gasteiger charge is 2.36. The molecule has 1 aliphatic rings.